The number of anilines is 1. The molecule has 4 nitrogen and oxygen atoms in total. The van der Waals surface area contributed by atoms with Crippen molar-refractivity contribution in [3.05, 3.63) is 36.3 Å². The monoisotopic (exact) mass is 282 g/mol. The van der Waals surface area contributed by atoms with Gasteiger partial charge in [-0.3, -0.25) is 4.98 Å². The van der Waals surface area contributed by atoms with Gasteiger partial charge in [0.15, 0.2) is 5.82 Å². The highest BCUT2D eigenvalue weighted by molar-refractivity contribution is 5.56. The van der Waals surface area contributed by atoms with E-state index in [1.807, 2.05) is 25.1 Å². The predicted octanol–water partition coefficient (Wildman–Crippen LogP) is 3.84. The van der Waals surface area contributed by atoms with E-state index in [1.165, 1.54) is 32.1 Å². The third-order valence-corrected chi connectivity index (χ3v) is 4.13. The minimum Gasteiger partial charge on any atom is -0.370 e. The normalized spacial score (nSPS) is 15.3. The summed E-state index contributed by atoms with van der Waals surface area (Å²) < 4.78 is 0. The number of nitrogens with zero attached hydrogens (tertiary/aromatic N) is 3. The van der Waals surface area contributed by atoms with E-state index in [0.29, 0.717) is 0 Å². The molecule has 0 saturated heterocycles. The molecule has 2 aromatic heterocycles. The first-order valence-corrected chi connectivity index (χ1v) is 7.81. The summed E-state index contributed by atoms with van der Waals surface area (Å²) in [5.74, 6) is 2.59. The van der Waals surface area contributed by atoms with E-state index in [1.54, 1.807) is 12.4 Å². The molecular weight excluding hydrogens is 260 g/mol. The van der Waals surface area contributed by atoms with Gasteiger partial charge in [0.2, 0.25) is 0 Å². The Labute approximate surface area is 126 Å². The van der Waals surface area contributed by atoms with Crippen LogP contribution in [0.5, 0.6) is 0 Å². The molecule has 4 heteroatoms. The first-order chi connectivity index (χ1) is 10.3. The Bertz CT molecular complexity index is 577. The van der Waals surface area contributed by atoms with Gasteiger partial charge in [0.05, 0.1) is 0 Å². The number of hydrogen-bond acceptors (Lipinski definition) is 4. The molecule has 0 radical (unpaired) electrons. The number of nitrogens with one attached hydrogen (secondary N) is 1. The molecule has 0 aliphatic heterocycles. The molecule has 1 aliphatic carbocycles. The lowest BCUT2D eigenvalue weighted by Gasteiger charge is -2.11. The van der Waals surface area contributed by atoms with Gasteiger partial charge in [0.1, 0.15) is 5.82 Å². The molecule has 2 heterocycles. The van der Waals surface area contributed by atoms with Crippen LogP contribution in [0.4, 0.5) is 5.82 Å². The van der Waals surface area contributed by atoms with E-state index in [2.05, 4.69) is 20.3 Å². The van der Waals surface area contributed by atoms with Crippen LogP contribution in [0.25, 0.3) is 11.4 Å². The fraction of sp³-hybridized carbons (Fsp3) is 0.471. The fourth-order valence-corrected chi connectivity index (χ4v) is 2.99. The van der Waals surface area contributed by atoms with Gasteiger partial charge < -0.3 is 5.32 Å². The third kappa shape index (κ3) is 3.78. The summed E-state index contributed by atoms with van der Waals surface area (Å²) in [6.45, 7) is 3.01. The highest BCUT2D eigenvalue weighted by Crippen LogP contribution is 2.27. The van der Waals surface area contributed by atoms with E-state index < -0.39 is 0 Å². The largest absolute Gasteiger partial charge is 0.370 e. The summed E-state index contributed by atoms with van der Waals surface area (Å²) in [5.41, 5.74) is 1.99. The predicted molar refractivity (Wildman–Crippen MR) is 85.1 cm³/mol. The zero-order valence-corrected chi connectivity index (χ0v) is 12.5. The highest BCUT2D eigenvalue weighted by Gasteiger charge is 2.14. The number of aryl methyl sites for hydroxylation is 1. The first-order valence-electron chi connectivity index (χ1n) is 7.81. The van der Waals surface area contributed by atoms with Gasteiger partial charge in [-0.15, -0.1) is 0 Å². The minimum absolute atomic E-state index is 0.765. The summed E-state index contributed by atoms with van der Waals surface area (Å²) in [6, 6.07) is 5.90. The molecule has 1 aliphatic rings. The molecule has 0 aromatic carbocycles. The van der Waals surface area contributed by atoms with Gasteiger partial charge in [-0.05, 0) is 31.4 Å². The van der Waals surface area contributed by atoms with Crippen LogP contribution in [0.2, 0.25) is 0 Å². The Kier molecular flexibility index (Phi) is 4.43. The molecule has 0 unspecified atom stereocenters. The minimum atomic E-state index is 0.765. The van der Waals surface area contributed by atoms with Gasteiger partial charge in [0, 0.05) is 36.3 Å². The Balaban J connectivity index is 1.66. The van der Waals surface area contributed by atoms with Crippen LogP contribution in [-0.4, -0.2) is 21.5 Å². The smallest absolute Gasteiger partial charge is 0.161 e. The summed E-state index contributed by atoms with van der Waals surface area (Å²) >= 11 is 0. The SMILES string of the molecule is Cc1cc(NCCC2CCCC2)nc(-c2ccncc2)n1. The van der Waals surface area contributed by atoms with Gasteiger partial charge in [0.25, 0.3) is 0 Å². The van der Waals surface area contributed by atoms with Crippen LogP contribution >= 0.6 is 0 Å². The van der Waals surface area contributed by atoms with Crippen LogP contribution in [0.3, 0.4) is 0 Å². The van der Waals surface area contributed by atoms with Crippen molar-refractivity contribution in [3.8, 4) is 11.4 Å². The van der Waals surface area contributed by atoms with E-state index in [0.717, 1.165) is 35.4 Å². The number of rotatable bonds is 5. The average Bonchev–Trinajstić information content (AvgIpc) is 3.01. The van der Waals surface area contributed by atoms with E-state index in [9.17, 15) is 0 Å². The molecule has 110 valence electrons. The second-order valence-corrected chi connectivity index (χ2v) is 5.82. The van der Waals surface area contributed by atoms with Crippen LogP contribution in [-0.2, 0) is 0 Å². The van der Waals surface area contributed by atoms with Crippen molar-refractivity contribution in [2.75, 3.05) is 11.9 Å². The summed E-state index contributed by atoms with van der Waals surface area (Å²) in [5, 5.41) is 3.46. The molecule has 1 fully saturated rings. The van der Waals surface area contributed by atoms with Gasteiger partial charge >= 0.3 is 0 Å². The zero-order chi connectivity index (χ0) is 14.5. The molecule has 0 atom stereocenters. The molecule has 0 bridgehead atoms. The molecule has 21 heavy (non-hydrogen) atoms. The number of aromatic nitrogens is 3. The maximum absolute atomic E-state index is 4.62. The zero-order valence-electron chi connectivity index (χ0n) is 12.5. The maximum atomic E-state index is 4.62. The molecule has 1 N–H and O–H groups in total. The van der Waals surface area contributed by atoms with Crippen molar-refractivity contribution in [3.63, 3.8) is 0 Å². The Morgan fingerprint density at radius 2 is 1.90 bits per heavy atom. The van der Waals surface area contributed by atoms with Gasteiger partial charge in [-0.25, -0.2) is 9.97 Å². The molecule has 3 rings (SSSR count). The second kappa shape index (κ2) is 6.66. The number of hydrogen-bond donors (Lipinski definition) is 1. The second-order valence-electron chi connectivity index (χ2n) is 5.82. The van der Waals surface area contributed by atoms with E-state index in [4.69, 9.17) is 0 Å². The summed E-state index contributed by atoms with van der Waals surface area (Å²) in [4.78, 5) is 13.2. The van der Waals surface area contributed by atoms with Gasteiger partial charge in [-0.2, -0.15) is 0 Å². The van der Waals surface area contributed by atoms with Gasteiger partial charge in [-0.1, -0.05) is 25.7 Å². The molecule has 0 spiro atoms. The average molecular weight is 282 g/mol. The standard InChI is InChI=1S/C17H22N4/c1-13-12-16(19-11-6-14-4-2-3-5-14)21-17(20-13)15-7-9-18-10-8-15/h7-10,12,14H,2-6,11H2,1H3,(H,19,20,21). The lowest BCUT2D eigenvalue weighted by atomic mass is 10.0. The fourth-order valence-electron chi connectivity index (χ4n) is 2.99. The highest BCUT2D eigenvalue weighted by atomic mass is 15.0. The molecule has 0 amide bonds. The van der Waals surface area contributed by atoms with Crippen molar-refractivity contribution in [1.29, 1.82) is 0 Å². The van der Waals surface area contributed by atoms with Crippen LogP contribution in [0.15, 0.2) is 30.6 Å². The summed E-state index contributed by atoms with van der Waals surface area (Å²) in [6.07, 6.45) is 10.4. The Hall–Kier alpha value is -1.97. The first kappa shape index (κ1) is 14.0. The quantitative estimate of drug-likeness (QED) is 0.905. The maximum Gasteiger partial charge on any atom is 0.161 e. The van der Waals surface area contributed by atoms with Crippen molar-refractivity contribution in [2.45, 2.75) is 39.0 Å². The molecule has 1 saturated carbocycles. The Morgan fingerprint density at radius 1 is 1.14 bits per heavy atom. The summed E-state index contributed by atoms with van der Waals surface area (Å²) in [7, 11) is 0. The lowest BCUT2D eigenvalue weighted by molar-refractivity contribution is 0.518. The van der Waals surface area contributed by atoms with Crippen LogP contribution < -0.4 is 5.32 Å². The third-order valence-electron chi connectivity index (χ3n) is 4.13. The molecular formula is C17H22N4. The van der Waals surface area contributed by atoms with Crippen LogP contribution in [0, 0.1) is 12.8 Å². The van der Waals surface area contributed by atoms with Crippen molar-refractivity contribution in [2.24, 2.45) is 5.92 Å². The number of pyridine rings is 1. The Morgan fingerprint density at radius 3 is 2.67 bits per heavy atom. The van der Waals surface area contributed by atoms with Crippen LogP contribution in [0.1, 0.15) is 37.8 Å². The lowest BCUT2D eigenvalue weighted by Crippen LogP contribution is -2.09. The van der Waals surface area contributed by atoms with Crippen molar-refractivity contribution >= 4 is 5.82 Å². The van der Waals surface area contributed by atoms with Crippen molar-refractivity contribution < 1.29 is 0 Å². The van der Waals surface area contributed by atoms with E-state index in [-0.39, 0.29) is 0 Å². The molecule has 2 aromatic rings. The topological polar surface area (TPSA) is 50.7 Å². The van der Waals surface area contributed by atoms with E-state index >= 15 is 0 Å². The van der Waals surface area contributed by atoms with Crippen molar-refractivity contribution in [1.82, 2.24) is 15.0 Å².